The SMILES string of the molecule is CN(Cc1ccc2c(c1)OCO2)Cc1ccc(F)cc1Cl. The van der Waals surface area contributed by atoms with Gasteiger partial charge in [0.15, 0.2) is 11.5 Å². The van der Waals surface area contributed by atoms with Gasteiger partial charge in [0.05, 0.1) is 0 Å². The van der Waals surface area contributed by atoms with E-state index in [9.17, 15) is 4.39 Å². The average molecular weight is 308 g/mol. The van der Waals surface area contributed by atoms with Gasteiger partial charge in [-0.05, 0) is 42.4 Å². The number of fused-ring (bicyclic) bond motifs is 1. The molecule has 0 radical (unpaired) electrons. The fourth-order valence-electron chi connectivity index (χ4n) is 2.35. The van der Waals surface area contributed by atoms with Crippen molar-refractivity contribution in [2.75, 3.05) is 13.8 Å². The van der Waals surface area contributed by atoms with Crippen molar-refractivity contribution >= 4 is 11.6 Å². The highest BCUT2D eigenvalue weighted by atomic mass is 35.5. The summed E-state index contributed by atoms with van der Waals surface area (Å²) in [5.74, 6) is 1.24. The van der Waals surface area contributed by atoms with Crippen molar-refractivity contribution in [3.05, 3.63) is 58.4 Å². The standard InChI is InChI=1S/C16H15ClFNO2/c1-19(9-12-3-4-13(18)7-14(12)17)8-11-2-5-15-16(6-11)21-10-20-15/h2-7H,8-10H2,1H3. The fourth-order valence-corrected chi connectivity index (χ4v) is 2.57. The molecule has 0 aliphatic carbocycles. The van der Waals surface area contributed by atoms with E-state index >= 15 is 0 Å². The summed E-state index contributed by atoms with van der Waals surface area (Å²) in [7, 11) is 1.99. The number of hydrogen-bond donors (Lipinski definition) is 0. The molecular weight excluding hydrogens is 293 g/mol. The number of nitrogens with zero attached hydrogens (tertiary/aromatic N) is 1. The summed E-state index contributed by atoms with van der Waals surface area (Å²) in [4.78, 5) is 2.11. The van der Waals surface area contributed by atoms with Crippen LogP contribution in [0.2, 0.25) is 5.02 Å². The maximum absolute atomic E-state index is 13.0. The number of benzene rings is 2. The first-order chi connectivity index (χ1) is 10.1. The minimum absolute atomic E-state index is 0.278. The van der Waals surface area contributed by atoms with Gasteiger partial charge >= 0.3 is 0 Å². The van der Waals surface area contributed by atoms with Gasteiger partial charge in [-0.1, -0.05) is 23.7 Å². The lowest BCUT2D eigenvalue weighted by Gasteiger charge is -2.18. The molecule has 2 aromatic rings. The highest BCUT2D eigenvalue weighted by molar-refractivity contribution is 6.31. The first kappa shape index (κ1) is 14.2. The van der Waals surface area contributed by atoms with Gasteiger partial charge in [0.1, 0.15) is 5.82 Å². The topological polar surface area (TPSA) is 21.7 Å². The van der Waals surface area contributed by atoms with Crippen molar-refractivity contribution in [1.29, 1.82) is 0 Å². The third-order valence-electron chi connectivity index (χ3n) is 3.34. The Balaban J connectivity index is 1.67. The zero-order valence-electron chi connectivity index (χ0n) is 11.6. The van der Waals surface area contributed by atoms with Gasteiger partial charge in [-0.15, -0.1) is 0 Å². The monoisotopic (exact) mass is 307 g/mol. The van der Waals surface area contributed by atoms with Crippen molar-refractivity contribution < 1.29 is 13.9 Å². The maximum atomic E-state index is 13.0. The van der Waals surface area contributed by atoms with Gasteiger partial charge < -0.3 is 9.47 Å². The molecular formula is C16H15ClFNO2. The van der Waals surface area contributed by atoms with Crippen LogP contribution >= 0.6 is 11.6 Å². The lowest BCUT2D eigenvalue weighted by molar-refractivity contribution is 0.174. The second kappa shape index (κ2) is 5.92. The van der Waals surface area contributed by atoms with Crippen molar-refractivity contribution in [3.8, 4) is 11.5 Å². The first-order valence-electron chi connectivity index (χ1n) is 6.63. The molecule has 21 heavy (non-hydrogen) atoms. The zero-order chi connectivity index (χ0) is 14.8. The number of rotatable bonds is 4. The Morgan fingerprint density at radius 3 is 2.71 bits per heavy atom. The van der Waals surface area contributed by atoms with Gasteiger partial charge in [-0.2, -0.15) is 0 Å². The molecule has 5 heteroatoms. The highest BCUT2D eigenvalue weighted by Gasteiger charge is 2.14. The molecule has 3 rings (SSSR count). The molecule has 1 aliphatic rings. The Morgan fingerprint density at radius 1 is 1.10 bits per heavy atom. The van der Waals surface area contributed by atoms with Crippen molar-refractivity contribution in [2.24, 2.45) is 0 Å². The van der Waals surface area contributed by atoms with Crippen LogP contribution in [-0.2, 0) is 13.1 Å². The number of hydrogen-bond acceptors (Lipinski definition) is 3. The molecule has 0 bridgehead atoms. The normalized spacial score (nSPS) is 13.0. The molecule has 1 heterocycles. The Morgan fingerprint density at radius 2 is 1.90 bits per heavy atom. The van der Waals surface area contributed by atoms with Gasteiger partial charge in [0.25, 0.3) is 0 Å². The number of halogens is 2. The van der Waals surface area contributed by atoms with E-state index in [0.717, 1.165) is 29.2 Å². The molecule has 0 fully saturated rings. The molecule has 0 N–H and O–H groups in total. The summed E-state index contributed by atoms with van der Waals surface area (Å²) >= 11 is 6.05. The van der Waals surface area contributed by atoms with Crippen molar-refractivity contribution in [2.45, 2.75) is 13.1 Å². The quantitative estimate of drug-likeness (QED) is 0.856. The molecule has 3 nitrogen and oxygen atoms in total. The number of ether oxygens (including phenoxy) is 2. The Labute approximate surface area is 127 Å². The molecule has 0 spiro atoms. The zero-order valence-corrected chi connectivity index (χ0v) is 12.4. The minimum atomic E-state index is -0.317. The Kier molecular flexibility index (Phi) is 3.99. The van der Waals surface area contributed by atoms with Crippen LogP contribution in [0.15, 0.2) is 36.4 Å². The van der Waals surface area contributed by atoms with Crippen LogP contribution in [-0.4, -0.2) is 18.7 Å². The molecule has 110 valence electrons. The smallest absolute Gasteiger partial charge is 0.231 e. The van der Waals surface area contributed by atoms with Crippen LogP contribution in [0, 0.1) is 5.82 Å². The van der Waals surface area contributed by atoms with Crippen molar-refractivity contribution in [3.63, 3.8) is 0 Å². The minimum Gasteiger partial charge on any atom is -0.454 e. The Hall–Kier alpha value is -1.78. The molecule has 0 aromatic heterocycles. The van der Waals surface area contributed by atoms with E-state index in [1.807, 2.05) is 25.2 Å². The molecule has 1 aliphatic heterocycles. The maximum Gasteiger partial charge on any atom is 0.231 e. The second-order valence-electron chi connectivity index (χ2n) is 5.10. The van der Waals surface area contributed by atoms with Crippen LogP contribution in [0.25, 0.3) is 0 Å². The lowest BCUT2D eigenvalue weighted by atomic mass is 10.1. The molecule has 0 saturated carbocycles. The summed E-state index contributed by atoms with van der Waals surface area (Å²) < 4.78 is 23.7. The third kappa shape index (κ3) is 3.28. The van der Waals surface area contributed by atoms with Gasteiger partial charge in [0.2, 0.25) is 6.79 Å². The molecule has 2 aromatic carbocycles. The molecule has 0 amide bonds. The van der Waals surface area contributed by atoms with Gasteiger partial charge in [0, 0.05) is 18.1 Å². The van der Waals surface area contributed by atoms with Crippen LogP contribution < -0.4 is 9.47 Å². The van der Waals surface area contributed by atoms with Crippen molar-refractivity contribution in [1.82, 2.24) is 4.90 Å². The molecule has 0 unspecified atom stereocenters. The largest absolute Gasteiger partial charge is 0.454 e. The predicted molar refractivity (Wildman–Crippen MR) is 79.1 cm³/mol. The highest BCUT2D eigenvalue weighted by Crippen LogP contribution is 2.32. The molecule has 0 atom stereocenters. The van der Waals surface area contributed by atoms with E-state index in [4.69, 9.17) is 21.1 Å². The lowest BCUT2D eigenvalue weighted by Crippen LogP contribution is -2.17. The van der Waals surface area contributed by atoms with Gasteiger partial charge in [-0.25, -0.2) is 4.39 Å². The fraction of sp³-hybridized carbons (Fsp3) is 0.250. The Bertz CT molecular complexity index is 663. The summed E-state index contributed by atoms with van der Waals surface area (Å²) in [6, 6.07) is 10.4. The van der Waals surface area contributed by atoms with Crippen LogP contribution in [0.4, 0.5) is 4.39 Å². The average Bonchev–Trinajstić information content (AvgIpc) is 2.89. The molecule has 0 saturated heterocycles. The van der Waals surface area contributed by atoms with E-state index in [-0.39, 0.29) is 12.6 Å². The van der Waals surface area contributed by atoms with E-state index in [0.29, 0.717) is 11.6 Å². The third-order valence-corrected chi connectivity index (χ3v) is 3.70. The summed E-state index contributed by atoms with van der Waals surface area (Å²) in [6.07, 6.45) is 0. The summed E-state index contributed by atoms with van der Waals surface area (Å²) in [6.45, 7) is 1.66. The first-order valence-corrected chi connectivity index (χ1v) is 7.00. The van der Waals surface area contributed by atoms with Crippen LogP contribution in [0.1, 0.15) is 11.1 Å². The van der Waals surface area contributed by atoms with E-state index in [2.05, 4.69) is 4.90 Å². The van der Waals surface area contributed by atoms with Crippen LogP contribution in [0.3, 0.4) is 0 Å². The van der Waals surface area contributed by atoms with E-state index in [1.54, 1.807) is 6.07 Å². The van der Waals surface area contributed by atoms with E-state index < -0.39 is 0 Å². The van der Waals surface area contributed by atoms with E-state index in [1.165, 1.54) is 12.1 Å². The van der Waals surface area contributed by atoms with Gasteiger partial charge in [-0.3, -0.25) is 4.90 Å². The summed E-state index contributed by atoms with van der Waals surface area (Å²) in [5, 5.41) is 0.451. The second-order valence-corrected chi connectivity index (χ2v) is 5.50. The predicted octanol–water partition coefficient (Wildman–Crippen LogP) is 3.84. The summed E-state index contributed by atoms with van der Waals surface area (Å²) in [5.41, 5.74) is 2.03. The van der Waals surface area contributed by atoms with Crippen LogP contribution in [0.5, 0.6) is 11.5 Å².